The average Bonchev–Trinajstić information content (AvgIpc) is 2.82. The standard InChI is InChI=1S/C15H23N3O3/c1-15(2,3)21-14(19)18-8-7-17-13-10-6-9-20-12(10)5-4-11(13)16/h4-5,17H,6-9,16H2,1-3H3,(H,18,19). The molecule has 0 unspecified atom stereocenters. The van der Waals surface area contributed by atoms with E-state index in [4.69, 9.17) is 15.2 Å². The predicted molar refractivity (Wildman–Crippen MR) is 82.8 cm³/mol. The third-order valence-corrected chi connectivity index (χ3v) is 3.01. The number of nitrogens with two attached hydrogens (primary N) is 1. The first-order chi connectivity index (χ1) is 9.87. The van der Waals surface area contributed by atoms with Crippen molar-refractivity contribution in [3.63, 3.8) is 0 Å². The molecule has 6 nitrogen and oxygen atoms in total. The number of anilines is 2. The van der Waals surface area contributed by atoms with E-state index in [9.17, 15) is 4.79 Å². The van der Waals surface area contributed by atoms with Crippen LogP contribution in [-0.4, -0.2) is 31.4 Å². The third kappa shape index (κ3) is 4.18. The maximum atomic E-state index is 11.5. The Morgan fingerprint density at radius 3 is 2.86 bits per heavy atom. The zero-order chi connectivity index (χ0) is 15.5. The number of nitrogen functional groups attached to an aromatic ring is 1. The second-order valence-corrected chi connectivity index (χ2v) is 5.96. The summed E-state index contributed by atoms with van der Waals surface area (Å²) in [6.07, 6.45) is 0.432. The summed E-state index contributed by atoms with van der Waals surface area (Å²) < 4.78 is 10.7. The Hall–Kier alpha value is -2.11. The number of hydrogen-bond donors (Lipinski definition) is 3. The van der Waals surface area contributed by atoms with Crippen LogP contribution in [0.4, 0.5) is 16.2 Å². The van der Waals surface area contributed by atoms with Crippen LogP contribution in [0.2, 0.25) is 0 Å². The van der Waals surface area contributed by atoms with Crippen LogP contribution in [0.1, 0.15) is 26.3 Å². The summed E-state index contributed by atoms with van der Waals surface area (Å²) >= 11 is 0. The van der Waals surface area contributed by atoms with Crippen LogP contribution in [-0.2, 0) is 11.2 Å². The molecule has 1 aromatic rings. The van der Waals surface area contributed by atoms with Gasteiger partial charge in [-0.05, 0) is 32.9 Å². The lowest BCUT2D eigenvalue weighted by molar-refractivity contribution is 0.0530. The van der Waals surface area contributed by atoms with Gasteiger partial charge >= 0.3 is 6.09 Å². The molecule has 1 aliphatic heterocycles. The summed E-state index contributed by atoms with van der Waals surface area (Å²) in [5, 5.41) is 5.96. The maximum absolute atomic E-state index is 11.5. The molecular weight excluding hydrogens is 270 g/mol. The van der Waals surface area contributed by atoms with E-state index in [0.717, 1.165) is 23.4 Å². The molecular formula is C15H23N3O3. The number of amides is 1. The topological polar surface area (TPSA) is 85.6 Å². The minimum absolute atomic E-state index is 0.418. The molecule has 1 aliphatic rings. The lowest BCUT2D eigenvalue weighted by atomic mass is 10.1. The fourth-order valence-electron chi connectivity index (χ4n) is 2.17. The quantitative estimate of drug-likeness (QED) is 0.585. The summed E-state index contributed by atoms with van der Waals surface area (Å²) in [6.45, 7) is 7.21. The van der Waals surface area contributed by atoms with E-state index in [0.29, 0.717) is 25.4 Å². The molecule has 4 N–H and O–H groups in total. The smallest absolute Gasteiger partial charge is 0.407 e. The Balaban J connectivity index is 1.82. The minimum atomic E-state index is -0.487. The Morgan fingerprint density at radius 2 is 2.14 bits per heavy atom. The van der Waals surface area contributed by atoms with Crippen LogP contribution >= 0.6 is 0 Å². The van der Waals surface area contributed by atoms with Gasteiger partial charge in [0.15, 0.2) is 0 Å². The second kappa shape index (κ2) is 6.11. The normalized spacial score (nSPS) is 13.3. The van der Waals surface area contributed by atoms with E-state index in [1.54, 1.807) is 0 Å². The molecule has 0 aliphatic carbocycles. The van der Waals surface area contributed by atoms with E-state index < -0.39 is 11.7 Å². The zero-order valence-electron chi connectivity index (χ0n) is 12.8. The molecule has 0 atom stereocenters. The first-order valence-corrected chi connectivity index (χ1v) is 7.12. The summed E-state index contributed by atoms with van der Waals surface area (Å²) in [5.74, 6) is 0.881. The van der Waals surface area contributed by atoms with Gasteiger partial charge in [0, 0.05) is 25.1 Å². The Bertz CT molecular complexity index is 524. The lowest BCUT2D eigenvalue weighted by Crippen LogP contribution is -2.35. The predicted octanol–water partition coefficient (Wildman–Crippen LogP) is 2.14. The highest BCUT2D eigenvalue weighted by Crippen LogP contribution is 2.35. The Labute approximate surface area is 125 Å². The zero-order valence-corrected chi connectivity index (χ0v) is 12.8. The maximum Gasteiger partial charge on any atom is 0.407 e. The minimum Gasteiger partial charge on any atom is -0.493 e. The van der Waals surface area contributed by atoms with E-state index >= 15 is 0 Å². The van der Waals surface area contributed by atoms with Gasteiger partial charge in [-0.1, -0.05) is 0 Å². The Kier molecular flexibility index (Phi) is 4.45. The number of nitrogens with one attached hydrogen (secondary N) is 2. The van der Waals surface area contributed by atoms with E-state index in [-0.39, 0.29) is 0 Å². The molecule has 0 saturated carbocycles. The second-order valence-electron chi connectivity index (χ2n) is 5.96. The number of benzene rings is 1. The number of rotatable bonds is 4. The molecule has 0 aromatic heterocycles. The first-order valence-electron chi connectivity index (χ1n) is 7.12. The monoisotopic (exact) mass is 293 g/mol. The summed E-state index contributed by atoms with van der Waals surface area (Å²) in [7, 11) is 0. The van der Waals surface area contributed by atoms with Gasteiger partial charge in [-0.2, -0.15) is 0 Å². The van der Waals surface area contributed by atoms with Gasteiger partial charge in [0.2, 0.25) is 0 Å². The molecule has 1 amide bonds. The molecule has 0 bridgehead atoms. The number of alkyl carbamates (subject to hydrolysis) is 1. The molecule has 0 radical (unpaired) electrons. The molecule has 0 spiro atoms. The van der Waals surface area contributed by atoms with Gasteiger partial charge in [-0.25, -0.2) is 4.79 Å². The van der Waals surface area contributed by atoms with Crippen molar-refractivity contribution >= 4 is 17.5 Å². The largest absolute Gasteiger partial charge is 0.493 e. The van der Waals surface area contributed by atoms with Crippen molar-refractivity contribution < 1.29 is 14.3 Å². The summed E-state index contributed by atoms with van der Waals surface area (Å²) in [6, 6.07) is 3.72. The van der Waals surface area contributed by atoms with Gasteiger partial charge in [-0.15, -0.1) is 0 Å². The van der Waals surface area contributed by atoms with Crippen molar-refractivity contribution in [2.75, 3.05) is 30.7 Å². The van der Waals surface area contributed by atoms with Crippen LogP contribution in [0.25, 0.3) is 0 Å². The van der Waals surface area contributed by atoms with Crippen molar-refractivity contribution in [1.82, 2.24) is 5.32 Å². The molecule has 6 heteroatoms. The van der Waals surface area contributed by atoms with Crippen molar-refractivity contribution in [1.29, 1.82) is 0 Å². The fraction of sp³-hybridized carbons (Fsp3) is 0.533. The van der Waals surface area contributed by atoms with Crippen molar-refractivity contribution in [3.05, 3.63) is 17.7 Å². The third-order valence-electron chi connectivity index (χ3n) is 3.01. The molecule has 1 heterocycles. The molecule has 0 saturated heterocycles. The number of carbonyl (C=O) groups excluding carboxylic acids is 1. The van der Waals surface area contributed by atoms with Crippen LogP contribution < -0.4 is 21.1 Å². The van der Waals surface area contributed by atoms with E-state index in [1.807, 2.05) is 32.9 Å². The van der Waals surface area contributed by atoms with Crippen molar-refractivity contribution in [2.45, 2.75) is 32.8 Å². The van der Waals surface area contributed by atoms with Crippen molar-refractivity contribution in [3.8, 4) is 5.75 Å². The first kappa shape index (κ1) is 15.3. The van der Waals surface area contributed by atoms with Gasteiger partial charge < -0.3 is 25.8 Å². The van der Waals surface area contributed by atoms with E-state index in [2.05, 4.69) is 10.6 Å². The van der Waals surface area contributed by atoms with Gasteiger partial charge in [-0.3, -0.25) is 0 Å². The molecule has 2 rings (SSSR count). The van der Waals surface area contributed by atoms with Gasteiger partial charge in [0.25, 0.3) is 0 Å². The van der Waals surface area contributed by atoms with Gasteiger partial charge in [0.05, 0.1) is 18.0 Å². The van der Waals surface area contributed by atoms with Crippen LogP contribution in [0.15, 0.2) is 12.1 Å². The molecule has 1 aromatic carbocycles. The van der Waals surface area contributed by atoms with Gasteiger partial charge in [0.1, 0.15) is 11.4 Å². The Morgan fingerprint density at radius 1 is 1.38 bits per heavy atom. The SMILES string of the molecule is CC(C)(C)OC(=O)NCCNc1c(N)ccc2c1CCO2. The van der Waals surface area contributed by atoms with Crippen LogP contribution in [0.3, 0.4) is 0 Å². The fourth-order valence-corrected chi connectivity index (χ4v) is 2.17. The summed E-state index contributed by atoms with van der Waals surface area (Å²) in [5.41, 5.74) is 8.20. The van der Waals surface area contributed by atoms with E-state index in [1.165, 1.54) is 0 Å². The average molecular weight is 293 g/mol. The molecule has 0 fully saturated rings. The highest BCUT2D eigenvalue weighted by molar-refractivity contribution is 5.74. The highest BCUT2D eigenvalue weighted by Gasteiger charge is 2.18. The van der Waals surface area contributed by atoms with Crippen molar-refractivity contribution in [2.24, 2.45) is 0 Å². The highest BCUT2D eigenvalue weighted by atomic mass is 16.6. The number of fused-ring (bicyclic) bond motifs is 1. The van der Waals surface area contributed by atoms with Crippen LogP contribution in [0, 0.1) is 0 Å². The number of ether oxygens (including phenoxy) is 2. The lowest BCUT2D eigenvalue weighted by Gasteiger charge is -2.20. The number of hydrogen-bond acceptors (Lipinski definition) is 5. The number of carbonyl (C=O) groups is 1. The van der Waals surface area contributed by atoms with Crippen LogP contribution in [0.5, 0.6) is 5.75 Å². The molecule has 21 heavy (non-hydrogen) atoms. The summed E-state index contributed by atoms with van der Waals surface area (Å²) in [4.78, 5) is 11.5. The molecule has 116 valence electrons.